The molecule has 0 saturated carbocycles. The lowest BCUT2D eigenvalue weighted by Gasteiger charge is -2.11. The van der Waals surface area contributed by atoms with Crippen LogP contribution < -0.4 is 5.32 Å². The Kier molecular flexibility index (Phi) is 4.55. The number of thiazole rings is 1. The summed E-state index contributed by atoms with van der Waals surface area (Å²) in [7, 11) is 0. The molecule has 2 aromatic heterocycles. The second-order valence-electron chi connectivity index (χ2n) is 5.13. The molecule has 0 aromatic carbocycles. The summed E-state index contributed by atoms with van der Waals surface area (Å²) in [5.74, 6) is -0.577. The number of nitro groups is 1. The fourth-order valence-electron chi connectivity index (χ4n) is 2.11. The molecule has 0 bridgehead atoms. The minimum atomic E-state index is -0.447. The summed E-state index contributed by atoms with van der Waals surface area (Å²) in [5.41, 5.74) is 0.807. The highest BCUT2D eigenvalue weighted by Crippen LogP contribution is 2.23. The largest absolute Gasteiger partial charge is 0.312 e. The zero-order valence-corrected chi connectivity index (χ0v) is 13.6. The first kappa shape index (κ1) is 16.1. The average Bonchev–Trinajstić information content (AvgIpc) is 2.93. The Balaban J connectivity index is 2.08. The number of carbonyl (C=O) groups is 1. The van der Waals surface area contributed by atoms with E-state index >= 15 is 0 Å². The summed E-state index contributed by atoms with van der Waals surface area (Å²) in [4.78, 5) is 27.8. The van der Waals surface area contributed by atoms with Crippen molar-refractivity contribution in [1.29, 1.82) is 0 Å². The van der Waals surface area contributed by atoms with E-state index in [1.807, 2.05) is 6.92 Å². The van der Waals surface area contributed by atoms with Crippen LogP contribution in [-0.4, -0.2) is 25.6 Å². The second-order valence-corrected chi connectivity index (χ2v) is 6.36. The van der Waals surface area contributed by atoms with Gasteiger partial charge >= 0.3 is 5.69 Å². The van der Waals surface area contributed by atoms with Crippen LogP contribution in [0.1, 0.15) is 23.2 Å². The maximum atomic E-state index is 12.1. The average molecular weight is 323 g/mol. The fraction of sp³-hybridized carbons (Fsp3) is 0.462. The smallest absolute Gasteiger partial charge is 0.302 e. The molecule has 0 fully saturated rings. The molecule has 2 heterocycles. The van der Waals surface area contributed by atoms with E-state index in [9.17, 15) is 14.9 Å². The molecule has 2 rings (SSSR count). The van der Waals surface area contributed by atoms with Crippen molar-refractivity contribution in [2.24, 2.45) is 5.92 Å². The summed E-state index contributed by atoms with van der Waals surface area (Å²) in [6.45, 7) is 7.15. The van der Waals surface area contributed by atoms with Crippen LogP contribution in [0, 0.1) is 36.8 Å². The maximum Gasteiger partial charge on any atom is 0.312 e. The SMILES string of the molecule is Cc1cnc(NC(=O)[C@@H](C)Cn2nc(C)c([N+](=O)[O-])c2C)s1. The number of anilines is 1. The number of carbonyl (C=O) groups excluding carboxylic acids is 1. The highest BCUT2D eigenvalue weighted by molar-refractivity contribution is 7.15. The molecule has 1 amide bonds. The third kappa shape index (κ3) is 3.30. The van der Waals surface area contributed by atoms with Gasteiger partial charge in [-0.3, -0.25) is 19.6 Å². The number of hydrogen-bond donors (Lipinski definition) is 1. The number of nitrogens with one attached hydrogen (secondary N) is 1. The molecule has 0 unspecified atom stereocenters. The normalized spacial score (nSPS) is 12.2. The van der Waals surface area contributed by atoms with Gasteiger partial charge in [0.05, 0.1) is 17.4 Å². The topological polar surface area (TPSA) is 103 Å². The molecule has 2 aromatic rings. The van der Waals surface area contributed by atoms with E-state index < -0.39 is 4.92 Å². The maximum absolute atomic E-state index is 12.1. The fourth-order valence-corrected chi connectivity index (χ4v) is 2.78. The van der Waals surface area contributed by atoms with Gasteiger partial charge in [0.2, 0.25) is 5.91 Å². The van der Waals surface area contributed by atoms with Crippen LogP contribution in [0.4, 0.5) is 10.8 Å². The molecule has 0 radical (unpaired) electrons. The molecular formula is C13H17N5O3S. The minimum Gasteiger partial charge on any atom is -0.302 e. The van der Waals surface area contributed by atoms with Gasteiger partial charge in [-0.25, -0.2) is 4.98 Å². The van der Waals surface area contributed by atoms with Crippen molar-refractivity contribution in [3.63, 3.8) is 0 Å². The van der Waals surface area contributed by atoms with Crippen LogP contribution in [0.2, 0.25) is 0 Å². The lowest BCUT2D eigenvalue weighted by atomic mass is 10.1. The van der Waals surface area contributed by atoms with Crippen molar-refractivity contribution in [3.05, 3.63) is 32.6 Å². The van der Waals surface area contributed by atoms with Crippen molar-refractivity contribution < 1.29 is 9.72 Å². The van der Waals surface area contributed by atoms with E-state index in [-0.39, 0.29) is 24.1 Å². The first-order valence-electron chi connectivity index (χ1n) is 6.71. The van der Waals surface area contributed by atoms with Crippen LogP contribution in [0.15, 0.2) is 6.20 Å². The van der Waals surface area contributed by atoms with Gasteiger partial charge in [0.1, 0.15) is 11.4 Å². The molecule has 0 spiro atoms. The van der Waals surface area contributed by atoms with Gasteiger partial charge in [0.15, 0.2) is 5.13 Å². The summed E-state index contributed by atoms with van der Waals surface area (Å²) in [5, 5.41) is 18.4. The van der Waals surface area contributed by atoms with Crippen LogP contribution in [-0.2, 0) is 11.3 Å². The molecule has 1 atom stereocenters. The zero-order valence-electron chi connectivity index (χ0n) is 12.8. The Morgan fingerprint density at radius 1 is 1.50 bits per heavy atom. The van der Waals surface area contributed by atoms with E-state index in [2.05, 4.69) is 15.4 Å². The molecular weight excluding hydrogens is 306 g/mol. The van der Waals surface area contributed by atoms with Crippen LogP contribution in [0.25, 0.3) is 0 Å². The van der Waals surface area contributed by atoms with Gasteiger partial charge in [-0.05, 0) is 20.8 Å². The molecule has 9 heteroatoms. The van der Waals surface area contributed by atoms with Crippen LogP contribution in [0.3, 0.4) is 0 Å². The van der Waals surface area contributed by atoms with Crippen molar-refractivity contribution in [2.45, 2.75) is 34.2 Å². The Bertz CT molecular complexity index is 721. The van der Waals surface area contributed by atoms with Crippen molar-refractivity contribution in [3.8, 4) is 0 Å². The second kappa shape index (κ2) is 6.22. The first-order valence-corrected chi connectivity index (χ1v) is 7.53. The van der Waals surface area contributed by atoms with Gasteiger partial charge in [-0.15, -0.1) is 11.3 Å². The number of nitrogens with zero attached hydrogens (tertiary/aromatic N) is 4. The number of hydrogen-bond acceptors (Lipinski definition) is 6. The quantitative estimate of drug-likeness (QED) is 0.672. The van der Waals surface area contributed by atoms with Gasteiger partial charge < -0.3 is 5.32 Å². The number of aromatic nitrogens is 3. The molecule has 0 saturated heterocycles. The highest BCUT2D eigenvalue weighted by Gasteiger charge is 2.24. The molecule has 22 heavy (non-hydrogen) atoms. The monoisotopic (exact) mass is 323 g/mol. The van der Waals surface area contributed by atoms with E-state index in [0.29, 0.717) is 16.5 Å². The van der Waals surface area contributed by atoms with Crippen molar-refractivity contribution >= 4 is 28.1 Å². The highest BCUT2D eigenvalue weighted by atomic mass is 32.1. The third-order valence-electron chi connectivity index (χ3n) is 3.27. The predicted molar refractivity (Wildman–Crippen MR) is 83.0 cm³/mol. The van der Waals surface area contributed by atoms with E-state index in [4.69, 9.17) is 0 Å². The summed E-state index contributed by atoms with van der Waals surface area (Å²) >= 11 is 1.40. The Hall–Kier alpha value is -2.29. The molecule has 1 N–H and O–H groups in total. The summed E-state index contributed by atoms with van der Waals surface area (Å²) in [6, 6.07) is 0. The van der Waals surface area contributed by atoms with E-state index in [1.165, 1.54) is 16.0 Å². The predicted octanol–water partition coefficient (Wildman–Crippen LogP) is 2.45. The lowest BCUT2D eigenvalue weighted by Crippen LogP contribution is -2.25. The van der Waals surface area contributed by atoms with Gasteiger partial charge in [0, 0.05) is 11.1 Å². The van der Waals surface area contributed by atoms with Gasteiger partial charge in [-0.1, -0.05) is 6.92 Å². The van der Waals surface area contributed by atoms with Crippen LogP contribution in [0.5, 0.6) is 0 Å². The number of aryl methyl sites for hydroxylation is 2. The first-order chi connectivity index (χ1) is 10.3. The summed E-state index contributed by atoms with van der Waals surface area (Å²) < 4.78 is 1.50. The minimum absolute atomic E-state index is 0.00292. The van der Waals surface area contributed by atoms with Crippen molar-refractivity contribution in [2.75, 3.05) is 5.32 Å². The van der Waals surface area contributed by atoms with Crippen LogP contribution >= 0.6 is 11.3 Å². The lowest BCUT2D eigenvalue weighted by molar-refractivity contribution is -0.386. The van der Waals surface area contributed by atoms with E-state index in [0.717, 1.165) is 4.88 Å². The van der Waals surface area contributed by atoms with Crippen molar-refractivity contribution in [1.82, 2.24) is 14.8 Å². The molecule has 0 aliphatic rings. The number of rotatable bonds is 5. The van der Waals surface area contributed by atoms with Gasteiger partial charge in [-0.2, -0.15) is 5.10 Å². The molecule has 0 aliphatic carbocycles. The Morgan fingerprint density at radius 3 is 2.68 bits per heavy atom. The van der Waals surface area contributed by atoms with Gasteiger partial charge in [0.25, 0.3) is 0 Å². The third-order valence-corrected chi connectivity index (χ3v) is 4.10. The molecule has 8 nitrogen and oxygen atoms in total. The Morgan fingerprint density at radius 2 is 2.18 bits per heavy atom. The Labute approximate surface area is 131 Å². The molecule has 0 aliphatic heterocycles. The number of amides is 1. The summed E-state index contributed by atoms with van der Waals surface area (Å²) in [6.07, 6.45) is 1.69. The standard InChI is InChI=1S/C13H17N5O3S/c1-7(12(19)15-13-14-5-8(2)22-13)6-17-10(4)11(18(20)21)9(3)16-17/h5,7H,6H2,1-4H3,(H,14,15,19)/t7-/m0/s1. The van der Waals surface area contributed by atoms with E-state index in [1.54, 1.807) is 27.0 Å². The molecule has 118 valence electrons. The zero-order chi connectivity index (χ0) is 16.4.